The van der Waals surface area contributed by atoms with Crippen molar-refractivity contribution in [1.29, 1.82) is 0 Å². The van der Waals surface area contributed by atoms with E-state index in [1.165, 1.54) is 16.7 Å². The summed E-state index contributed by atoms with van der Waals surface area (Å²) >= 11 is 0. The number of aliphatic carboxylic acids is 1. The number of rotatable bonds is 2. The summed E-state index contributed by atoms with van der Waals surface area (Å²) in [5.41, 5.74) is 4.18. The van der Waals surface area contributed by atoms with Crippen LogP contribution in [0.4, 0.5) is 0 Å². The third-order valence-corrected chi connectivity index (χ3v) is 4.84. The largest absolute Gasteiger partial charge is 0.481 e. The molecule has 19 heavy (non-hydrogen) atoms. The summed E-state index contributed by atoms with van der Waals surface area (Å²) in [5.74, 6) is -0.478. The number of carboxylic acids is 1. The van der Waals surface area contributed by atoms with Crippen LogP contribution in [0.25, 0.3) is 0 Å². The molecule has 3 heteroatoms. The second-order valence-corrected chi connectivity index (χ2v) is 6.12. The van der Waals surface area contributed by atoms with Crippen LogP contribution in [0.3, 0.4) is 0 Å². The van der Waals surface area contributed by atoms with Crippen LogP contribution in [0.1, 0.15) is 48.3 Å². The Balaban J connectivity index is 2.01. The Morgan fingerprint density at radius 3 is 2.84 bits per heavy atom. The van der Waals surface area contributed by atoms with E-state index in [-0.39, 0.29) is 17.8 Å². The Bertz CT molecular complexity index is 503. The molecule has 1 aromatic rings. The Hall–Kier alpha value is -1.35. The molecule has 1 aromatic carbocycles. The van der Waals surface area contributed by atoms with E-state index in [1.807, 2.05) is 0 Å². The van der Waals surface area contributed by atoms with Gasteiger partial charge in [0.05, 0.1) is 6.42 Å². The minimum atomic E-state index is -0.677. The number of benzene rings is 1. The molecule has 2 aliphatic rings. The molecule has 1 aliphatic heterocycles. The standard InChI is InChI=1S/C16H21NO2/c1-11-2-3-14-13(8-11)12(9-15(18)19)10-16(14)4-6-17-7-5-16/h2-3,8,12,17H,4-7,9-10H2,1H3,(H,18,19)/t12-/m1/s1. The average molecular weight is 259 g/mol. The smallest absolute Gasteiger partial charge is 0.303 e. The van der Waals surface area contributed by atoms with Crippen molar-refractivity contribution in [2.24, 2.45) is 0 Å². The van der Waals surface area contributed by atoms with Crippen LogP contribution in [0.2, 0.25) is 0 Å². The fraction of sp³-hybridized carbons (Fsp3) is 0.562. The molecule has 1 spiro atoms. The maximum Gasteiger partial charge on any atom is 0.303 e. The van der Waals surface area contributed by atoms with Crippen LogP contribution in [-0.4, -0.2) is 24.2 Å². The lowest BCUT2D eigenvalue weighted by Gasteiger charge is -2.35. The second kappa shape index (κ2) is 4.64. The normalized spacial score (nSPS) is 24.4. The lowest BCUT2D eigenvalue weighted by Crippen LogP contribution is -2.38. The topological polar surface area (TPSA) is 49.3 Å². The van der Waals surface area contributed by atoms with E-state index in [2.05, 4.69) is 30.4 Å². The van der Waals surface area contributed by atoms with E-state index in [1.54, 1.807) is 0 Å². The van der Waals surface area contributed by atoms with Crippen molar-refractivity contribution in [3.05, 3.63) is 34.9 Å². The van der Waals surface area contributed by atoms with Crippen molar-refractivity contribution in [2.75, 3.05) is 13.1 Å². The van der Waals surface area contributed by atoms with Gasteiger partial charge in [-0.3, -0.25) is 4.79 Å². The highest BCUT2D eigenvalue weighted by molar-refractivity contribution is 5.69. The summed E-state index contributed by atoms with van der Waals surface area (Å²) in [6, 6.07) is 6.63. The van der Waals surface area contributed by atoms with Gasteiger partial charge in [0.15, 0.2) is 0 Å². The van der Waals surface area contributed by atoms with Crippen LogP contribution in [0, 0.1) is 6.92 Å². The molecule has 0 radical (unpaired) electrons. The van der Waals surface area contributed by atoms with E-state index >= 15 is 0 Å². The maximum atomic E-state index is 11.1. The number of aryl methyl sites for hydroxylation is 1. The highest BCUT2D eigenvalue weighted by atomic mass is 16.4. The predicted molar refractivity (Wildman–Crippen MR) is 74.6 cm³/mol. The van der Waals surface area contributed by atoms with Crippen molar-refractivity contribution < 1.29 is 9.90 Å². The van der Waals surface area contributed by atoms with Crippen LogP contribution in [-0.2, 0) is 10.2 Å². The van der Waals surface area contributed by atoms with Gasteiger partial charge in [-0.25, -0.2) is 0 Å². The first-order valence-corrected chi connectivity index (χ1v) is 7.14. The Morgan fingerprint density at radius 1 is 1.42 bits per heavy atom. The third kappa shape index (κ3) is 2.16. The highest BCUT2D eigenvalue weighted by Crippen LogP contribution is 2.52. The number of nitrogens with one attached hydrogen (secondary N) is 1. The Labute approximate surface area is 114 Å². The molecule has 0 unspecified atom stereocenters. The molecular weight excluding hydrogens is 238 g/mol. The van der Waals surface area contributed by atoms with Gasteiger partial charge in [-0.1, -0.05) is 23.8 Å². The van der Waals surface area contributed by atoms with Crippen molar-refractivity contribution in [3.8, 4) is 0 Å². The molecule has 1 atom stereocenters. The molecule has 0 saturated carbocycles. The van der Waals surface area contributed by atoms with Crippen molar-refractivity contribution in [3.63, 3.8) is 0 Å². The zero-order valence-corrected chi connectivity index (χ0v) is 11.4. The number of carbonyl (C=O) groups is 1. The minimum Gasteiger partial charge on any atom is -0.481 e. The predicted octanol–water partition coefficient (Wildman–Crippen LogP) is 2.58. The summed E-state index contributed by atoms with van der Waals surface area (Å²) in [6.45, 7) is 4.19. The fourth-order valence-corrected chi connectivity index (χ4v) is 3.97. The molecule has 0 aromatic heterocycles. The van der Waals surface area contributed by atoms with Gasteiger partial charge in [-0.05, 0) is 61.7 Å². The maximum absolute atomic E-state index is 11.1. The highest BCUT2D eigenvalue weighted by Gasteiger charge is 2.44. The van der Waals surface area contributed by atoms with Crippen molar-refractivity contribution in [1.82, 2.24) is 5.32 Å². The van der Waals surface area contributed by atoms with Crippen LogP contribution in [0.15, 0.2) is 18.2 Å². The van der Waals surface area contributed by atoms with E-state index in [0.717, 1.165) is 32.4 Å². The van der Waals surface area contributed by atoms with Gasteiger partial charge in [0.25, 0.3) is 0 Å². The zero-order chi connectivity index (χ0) is 13.5. The number of carboxylic acid groups (broad SMARTS) is 1. The summed E-state index contributed by atoms with van der Waals surface area (Å²) in [5, 5.41) is 12.6. The molecule has 1 aliphatic carbocycles. The van der Waals surface area contributed by atoms with E-state index in [4.69, 9.17) is 5.11 Å². The molecule has 0 bridgehead atoms. The third-order valence-electron chi connectivity index (χ3n) is 4.84. The molecule has 1 saturated heterocycles. The van der Waals surface area contributed by atoms with Gasteiger partial charge in [-0.2, -0.15) is 0 Å². The number of hydrogen-bond donors (Lipinski definition) is 2. The Morgan fingerprint density at radius 2 is 2.16 bits per heavy atom. The van der Waals surface area contributed by atoms with Gasteiger partial charge >= 0.3 is 5.97 Å². The zero-order valence-electron chi connectivity index (χ0n) is 11.4. The SMILES string of the molecule is Cc1ccc2c(c1)[C@H](CC(=O)O)CC21CCNCC1. The summed E-state index contributed by atoms with van der Waals surface area (Å²) in [7, 11) is 0. The summed E-state index contributed by atoms with van der Waals surface area (Å²) in [6.07, 6.45) is 3.56. The van der Waals surface area contributed by atoms with Gasteiger partial charge < -0.3 is 10.4 Å². The fourth-order valence-electron chi connectivity index (χ4n) is 3.97. The van der Waals surface area contributed by atoms with Crippen LogP contribution in [0.5, 0.6) is 0 Å². The van der Waals surface area contributed by atoms with Crippen molar-refractivity contribution >= 4 is 5.97 Å². The molecular formula is C16H21NO2. The number of fused-ring (bicyclic) bond motifs is 2. The second-order valence-electron chi connectivity index (χ2n) is 6.12. The monoisotopic (exact) mass is 259 g/mol. The molecule has 1 heterocycles. The van der Waals surface area contributed by atoms with Crippen molar-refractivity contribution in [2.45, 2.75) is 43.9 Å². The van der Waals surface area contributed by atoms with E-state index in [0.29, 0.717) is 0 Å². The van der Waals surface area contributed by atoms with Crippen LogP contribution >= 0.6 is 0 Å². The van der Waals surface area contributed by atoms with E-state index in [9.17, 15) is 4.79 Å². The van der Waals surface area contributed by atoms with E-state index < -0.39 is 5.97 Å². The van der Waals surface area contributed by atoms with Gasteiger partial charge in [0, 0.05) is 0 Å². The quantitative estimate of drug-likeness (QED) is 0.858. The molecule has 2 N–H and O–H groups in total. The lowest BCUT2D eigenvalue weighted by molar-refractivity contribution is -0.137. The van der Waals surface area contributed by atoms with Crippen LogP contribution < -0.4 is 5.32 Å². The molecule has 0 amide bonds. The van der Waals surface area contributed by atoms with Gasteiger partial charge in [-0.15, -0.1) is 0 Å². The Kier molecular flexibility index (Phi) is 3.09. The molecule has 3 nitrogen and oxygen atoms in total. The summed E-state index contributed by atoms with van der Waals surface area (Å²) < 4.78 is 0. The summed E-state index contributed by atoms with van der Waals surface area (Å²) in [4.78, 5) is 11.1. The number of hydrogen-bond acceptors (Lipinski definition) is 2. The minimum absolute atomic E-state index is 0.200. The lowest BCUT2D eigenvalue weighted by atomic mass is 9.73. The molecule has 102 valence electrons. The van der Waals surface area contributed by atoms with Gasteiger partial charge in [0.2, 0.25) is 0 Å². The molecule has 1 fully saturated rings. The average Bonchev–Trinajstić information content (AvgIpc) is 2.63. The first-order chi connectivity index (χ1) is 9.11. The first-order valence-electron chi connectivity index (χ1n) is 7.14. The number of piperidine rings is 1. The van der Waals surface area contributed by atoms with Gasteiger partial charge in [0.1, 0.15) is 0 Å². The molecule has 3 rings (SSSR count). The first kappa shape index (κ1) is 12.7.